The van der Waals surface area contributed by atoms with E-state index >= 15 is 0 Å². The summed E-state index contributed by atoms with van der Waals surface area (Å²) in [6, 6.07) is 8.78. The summed E-state index contributed by atoms with van der Waals surface area (Å²) in [4.78, 5) is 0. The predicted molar refractivity (Wildman–Crippen MR) is 117 cm³/mol. The summed E-state index contributed by atoms with van der Waals surface area (Å²) in [6.45, 7) is 7.19. The molecule has 152 valence electrons. The molecule has 4 fully saturated rings. The molecule has 1 N–H and O–H groups in total. The zero-order chi connectivity index (χ0) is 19.5. The number of benzene rings is 1. The highest BCUT2D eigenvalue weighted by Gasteiger charge is 2.60. The van der Waals surface area contributed by atoms with E-state index in [1.807, 2.05) is 0 Å². The third-order valence-electron chi connectivity index (χ3n) is 9.88. The van der Waals surface area contributed by atoms with Crippen LogP contribution in [0.2, 0.25) is 0 Å². The Hall–Kier alpha value is -1.08. The predicted octanol–water partition coefficient (Wildman–Crippen LogP) is 6.78. The molecule has 28 heavy (non-hydrogen) atoms. The molecule has 0 saturated heterocycles. The van der Waals surface area contributed by atoms with E-state index in [1.54, 1.807) is 0 Å². The van der Waals surface area contributed by atoms with Gasteiger partial charge in [-0.25, -0.2) is 0 Å². The Bertz CT molecular complexity index is 761. The zero-order valence-corrected chi connectivity index (χ0v) is 18.1. The highest BCUT2D eigenvalue weighted by atomic mass is 16.3. The summed E-state index contributed by atoms with van der Waals surface area (Å²) in [5.74, 6) is 3.38. The minimum Gasteiger partial charge on any atom is -0.388 e. The Kier molecular flexibility index (Phi) is 4.54. The third kappa shape index (κ3) is 2.76. The topological polar surface area (TPSA) is 20.2 Å². The third-order valence-corrected chi connectivity index (χ3v) is 9.88. The standard InChI is InChI=1S/C27H38O/c1-18-7-9-19(10-8-18)16-20-17-24-22-12-11-21-6-4-5-14-26(21,2)23(22)13-15-27(24,3)25(20)28/h7-10,16,21-25,28H,4-6,11-15,17H2,1-3H3/b20-16+/t21?,22?,23?,24?,25?,26-,27-/m0/s1. The van der Waals surface area contributed by atoms with Crippen molar-refractivity contribution in [3.8, 4) is 0 Å². The smallest absolute Gasteiger partial charge is 0.0809 e. The molecule has 0 aliphatic heterocycles. The van der Waals surface area contributed by atoms with E-state index in [9.17, 15) is 5.11 Å². The van der Waals surface area contributed by atoms with Crippen LogP contribution in [-0.4, -0.2) is 11.2 Å². The van der Waals surface area contributed by atoms with Gasteiger partial charge in [0.1, 0.15) is 0 Å². The lowest BCUT2D eigenvalue weighted by molar-refractivity contribution is -0.119. The first-order chi connectivity index (χ1) is 13.4. The fourth-order valence-corrected chi connectivity index (χ4v) is 8.17. The molecular formula is C27H38O. The van der Waals surface area contributed by atoms with Crippen LogP contribution < -0.4 is 0 Å². The van der Waals surface area contributed by atoms with Gasteiger partial charge < -0.3 is 5.11 Å². The molecular weight excluding hydrogens is 340 g/mol. The van der Waals surface area contributed by atoms with Crippen molar-refractivity contribution in [2.75, 3.05) is 0 Å². The van der Waals surface area contributed by atoms with E-state index in [0.29, 0.717) is 11.3 Å². The molecule has 4 aliphatic carbocycles. The molecule has 0 bridgehead atoms. The number of aliphatic hydroxyl groups is 1. The van der Waals surface area contributed by atoms with Gasteiger partial charge in [0.05, 0.1) is 6.10 Å². The lowest BCUT2D eigenvalue weighted by atomic mass is 9.45. The number of rotatable bonds is 1. The van der Waals surface area contributed by atoms with Crippen molar-refractivity contribution >= 4 is 6.08 Å². The van der Waals surface area contributed by atoms with Gasteiger partial charge in [-0.1, -0.05) is 62.6 Å². The molecule has 0 spiro atoms. The second-order valence-electron chi connectivity index (χ2n) is 11.2. The van der Waals surface area contributed by atoms with Gasteiger partial charge in [0.25, 0.3) is 0 Å². The van der Waals surface area contributed by atoms with Gasteiger partial charge in [-0.05, 0) is 92.1 Å². The monoisotopic (exact) mass is 378 g/mol. The summed E-state index contributed by atoms with van der Waals surface area (Å²) < 4.78 is 0. The molecule has 1 aromatic carbocycles. The molecule has 4 aliphatic rings. The van der Waals surface area contributed by atoms with Crippen LogP contribution in [0.3, 0.4) is 0 Å². The lowest BCUT2D eigenvalue weighted by Gasteiger charge is -2.60. The molecule has 5 unspecified atom stereocenters. The van der Waals surface area contributed by atoms with E-state index in [1.165, 1.54) is 68.1 Å². The van der Waals surface area contributed by atoms with E-state index in [4.69, 9.17) is 0 Å². The second-order valence-corrected chi connectivity index (χ2v) is 11.2. The molecule has 0 radical (unpaired) electrons. The number of aryl methyl sites for hydroxylation is 1. The summed E-state index contributed by atoms with van der Waals surface area (Å²) in [5, 5.41) is 11.4. The molecule has 5 rings (SSSR count). The Morgan fingerprint density at radius 3 is 2.46 bits per heavy atom. The largest absolute Gasteiger partial charge is 0.388 e. The first-order valence-electron chi connectivity index (χ1n) is 11.9. The highest BCUT2D eigenvalue weighted by Crippen LogP contribution is 2.67. The van der Waals surface area contributed by atoms with E-state index in [2.05, 4.69) is 51.1 Å². The zero-order valence-electron chi connectivity index (χ0n) is 18.1. The van der Waals surface area contributed by atoms with Gasteiger partial charge in [-0.15, -0.1) is 0 Å². The van der Waals surface area contributed by atoms with Gasteiger partial charge in [0.2, 0.25) is 0 Å². The van der Waals surface area contributed by atoms with Crippen molar-refractivity contribution < 1.29 is 5.11 Å². The molecule has 1 heteroatoms. The average molecular weight is 379 g/mol. The van der Waals surface area contributed by atoms with Crippen LogP contribution in [0.1, 0.15) is 82.8 Å². The van der Waals surface area contributed by atoms with Crippen molar-refractivity contribution in [1.82, 2.24) is 0 Å². The number of hydrogen-bond acceptors (Lipinski definition) is 1. The van der Waals surface area contributed by atoms with Crippen LogP contribution in [0.15, 0.2) is 29.8 Å². The summed E-state index contributed by atoms with van der Waals surface area (Å²) in [5.41, 5.74) is 4.52. The molecule has 0 aromatic heterocycles. The average Bonchev–Trinajstić information content (AvgIpc) is 2.94. The minimum absolute atomic E-state index is 0.0928. The Balaban J connectivity index is 1.45. The first-order valence-corrected chi connectivity index (χ1v) is 11.9. The fraction of sp³-hybridized carbons (Fsp3) is 0.704. The maximum atomic E-state index is 11.4. The number of aliphatic hydroxyl groups excluding tert-OH is 1. The Labute approximate surface area is 171 Å². The SMILES string of the molecule is Cc1ccc(/C=C2\CC3C4CCC5CCCC[C@]5(C)C4CC[C@]3(C)C2O)cc1. The van der Waals surface area contributed by atoms with Crippen molar-refractivity contribution in [2.24, 2.45) is 34.5 Å². The van der Waals surface area contributed by atoms with Gasteiger partial charge in [0.15, 0.2) is 0 Å². The van der Waals surface area contributed by atoms with Gasteiger partial charge in [-0.3, -0.25) is 0 Å². The van der Waals surface area contributed by atoms with Crippen molar-refractivity contribution in [2.45, 2.75) is 84.7 Å². The van der Waals surface area contributed by atoms with Crippen LogP contribution in [0.5, 0.6) is 0 Å². The quantitative estimate of drug-likeness (QED) is 0.571. The van der Waals surface area contributed by atoms with Crippen LogP contribution in [0, 0.1) is 41.4 Å². The molecule has 1 nitrogen and oxygen atoms in total. The molecule has 0 heterocycles. The van der Waals surface area contributed by atoms with Crippen LogP contribution >= 0.6 is 0 Å². The maximum Gasteiger partial charge on any atom is 0.0809 e. The van der Waals surface area contributed by atoms with E-state index in [-0.39, 0.29) is 11.5 Å². The second kappa shape index (κ2) is 6.73. The maximum absolute atomic E-state index is 11.4. The van der Waals surface area contributed by atoms with Crippen LogP contribution in [-0.2, 0) is 0 Å². The van der Waals surface area contributed by atoms with Gasteiger partial charge in [0, 0.05) is 5.41 Å². The lowest BCUT2D eigenvalue weighted by Crippen LogP contribution is -2.53. The van der Waals surface area contributed by atoms with Crippen LogP contribution in [0.25, 0.3) is 6.08 Å². The number of hydrogen-bond donors (Lipinski definition) is 1. The first kappa shape index (κ1) is 18.9. The van der Waals surface area contributed by atoms with E-state index < -0.39 is 0 Å². The van der Waals surface area contributed by atoms with E-state index in [0.717, 1.165) is 24.2 Å². The Morgan fingerprint density at radius 2 is 1.68 bits per heavy atom. The Morgan fingerprint density at radius 1 is 0.893 bits per heavy atom. The highest BCUT2D eigenvalue weighted by molar-refractivity contribution is 5.56. The van der Waals surface area contributed by atoms with Crippen LogP contribution in [0.4, 0.5) is 0 Å². The molecule has 0 amide bonds. The van der Waals surface area contributed by atoms with Crippen molar-refractivity contribution in [1.29, 1.82) is 0 Å². The van der Waals surface area contributed by atoms with Gasteiger partial charge in [-0.2, -0.15) is 0 Å². The molecule has 4 saturated carbocycles. The van der Waals surface area contributed by atoms with Crippen molar-refractivity contribution in [3.63, 3.8) is 0 Å². The van der Waals surface area contributed by atoms with Gasteiger partial charge >= 0.3 is 0 Å². The fourth-order valence-electron chi connectivity index (χ4n) is 8.17. The normalized spacial score (nSPS) is 46.7. The number of fused-ring (bicyclic) bond motifs is 5. The molecule has 1 aromatic rings. The molecule has 7 atom stereocenters. The van der Waals surface area contributed by atoms with Crippen molar-refractivity contribution in [3.05, 3.63) is 41.0 Å². The summed E-state index contributed by atoms with van der Waals surface area (Å²) in [7, 11) is 0. The minimum atomic E-state index is -0.253. The summed E-state index contributed by atoms with van der Waals surface area (Å²) in [6.07, 6.45) is 14.4. The summed E-state index contributed by atoms with van der Waals surface area (Å²) >= 11 is 0.